The average Bonchev–Trinajstić information content (AvgIpc) is 2.97. The Labute approximate surface area is 138 Å². The first-order chi connectivity index (χ1) is 11.3. The number of aromatic amines is 1. The third kappa shape index (κ3) is 2.73. The van der Waals surface area contributed by atoms with Crippen LogP contribution >= 0.6 is 12.2 Å². The Balaban J connectivity index is 1.85. The molecule has 3 heterocycles. The van der Waals surface area contributed by atoms with Gasteiger partial charge in [0.15, 0.2) is 4.64 Å². The fourth-order valence-corrected chi connectivity index (χ4v) is 3.07. The molecule has 1 aliphatic rings. The number of anilines is 1. The smallest absolute Gasteiger partial charge is 0.208 e. The van der Waals surface area contributed by atoms with Crippen LogP contribution in [0, 0.1) is 4.64 Å². The van der Waals surface area contributed by atoms with Gasteiger partial charge < -0.3 is 14.6 Å². The van der Waals surface area contributed by atoms with E-state index in [1.807, 2.05) is 18.2 Å². The monoisotopic (exact) mass is 327 g/mol. The zero-order chi connectivity index (χ0) is 15.6. The van der Waals surface area contributed by atoms with E-state index < -0.39 is 0 Å². The number of nitrogens with one attached hydrogen (secondary N) is 1. The van der Waals surface area contributed by atoms with E-state index in [2.05, 4.69) is 31.6 Å². The van der Waals surface area contributed by atoms with Crippen molar-refractivity contribution in [3.63, 3.8) is 0 Å². The maximum absolute atomic E-state index is 5.46. The van der Waals surface area contributed by atoms with Gasteiger partial charge in [0.1, 0.15) is 11.2 Å². The van der Waals surface area contributed by atoms with Crippen LogP contribution < -0.4 is 4.90 Å². The molecule has 0 amide bonds. The lowest BCUT2D eigenvalue weighted by Crippen LogP contribution is -2.38. The number of hydrogen-bond acceptors (Lipinski definition) is 5. The van der Waals surface area contributed by atoms with Crippen LogP contribution in [0.2, 0.25) is 0 Å². The second kappa shape index (κ2) is 6.10. The first-order valence-electron chi connectivity index (χ1n) is 7.63. The number of morpholine rings is 1. The highest BCUT2D eigenvalue weighted by Crippen LogP contribution is 2.23. The average molecular weight is 327 g/mol. The van der Waals surface area contributed by atoms with Crippen molar-refractivity contribution in [1.82, 2.24) is 19.5 Å². The van der Waals surface area contributed by atoms with Gasteiger partial charge >= 0.3 is 0 Å². The SMILES string of the molecule is S=c1nc[nH]c2c1nc(N1CCOCC1)n2Cc1ccccc1. The van der Waals surface area contributed by atoms with E-state index in [9.17, 15) is 0 Å². The minimum absolute atomic E-state index is 0.528. The Morgan fingerprint density at radius 2 is 1.96 bits per heavy atom. The molecule has 0 bridgehead atoms. The third-order valence-electron chi connectivity index (χ3n) is 4.01. The molecule has 1 N–H and O–H groups in total. The topological polar surface area (TPSA) is 59.0 Å². The molecule has 4 rings (SSSR count). The van der Waals surface area contributed by atoms with E-state index in [1.165, 1.54) is 5.56 Å². The van der Waals surface area contributed by atoms with Crippen molar-refractivity contribution < 1.29 is 4.74 Å². The Kier molecular flexibility index (Phi) is 3.80. The van der Waals surface area contributed by atoms with Gasteiger partial charge in [-0.05, 0) is 5.56 Å². The van der Waals surface area contributed by atoms with Gasteiger partial charge in [-0.3, -0.25) is 4.57 Å². The van der Waals surface area contributed by atoms with Crippen molar-refractivity contribution in [2.75, 3.05) is 31.2 Å². The number of benzene rings is 1. The van der Waals surface area contributed by atoms with Crippen LogP contribution in [0.15, 0.2) is 36.7 Å². The fraction of sp³-hybridized carbons (Fsp3) is 0.312. The van der Waals surface area contributed by atoms with Gasteiger partial charge in [0, 0.05) is 13.1 Å². The van der Waals surface area contributed by atoms with E-state index >= 15 is 0 Å². The molecule has 3 aromatic rings. The van der Waals surface area contributed by atoms with Gasteiger partial charge in [-0.15, -0.1) is 0 Å². The number of rotatable bonds is 3. The van der Waals surface area contributed by atoms with Crippen molar-refractivity contribution >= 4 is 29.3 Å². The number of nitrogens with zero attached hydrogens (tertiary/aromatic N) is 4. The second-order valence-corrected chi connectivity index (χ2v) is 5.87. The molecule has 1 aromatic carbocycles. The standard InChI is InChI=1S/C16H17N5OS/c23-15-13-14(17-11-18-15)21(10-12-4-2-1-3-5-12)16(19-13)20-6-8-22-9-7-20/h1-5,11H,6-10H2,(H,17,18,23). The summed E-state index contributed by atoms with van der Waals surface area (Å²) < 4.78 is 8.16. The molecule has 7 heteroatoms. The van der Waals surface area contributed by atoms with Crippen LogP contribution in [0.3, 0.4) is 0 Å². The van der Waals surface area contributed by atoms with Crippen LogP contribution in [-0.2, 0) is 11.3 Å². The van der Waals surface area contributed by atoms with Crippen LogP contribution in [0.25, 0.3) is 11.2 Å². The van der Waals surface area contributed by atoms with Gasteiger partial charge in [-0.2, -0.15) is 0 Å². The van der Waals surface area contributed by atoms with Gasteiger partial charge in [0.2, 0.25) is 5.95 Å². The minimum atomic E-state index is 0.528. The predicted molar refractivity (Wildman–Crippen MR) is 91.3 cm³/mol. The molecule has 23 heavy (non-hydrogen) atoms. The summed E-state index contributed by atoms with van der Waals surface area (Å²) in [5.74, 6) is 0.919. The highest BCUT2D eigenvalue weighted by molar-refractivity contribution is 7.71. The molecule has 1 fully saturated rings. The molecule has 6 nitrogen and oxygen atoms in total. The number of hydrogen-bond donors (Lipinski definition) is 1. The van der Waals surface area contributed by atoms with Crippen LogP contribution in [0.4, 0.5) is 5.95 Å². The molecule has 1 saturated heterocycles. The zero-order valence-electron chi connectivity index (χ0n) is 12.6. The molecule has 0 aliphatic carbocycles. The van der Waals surface area contributed by atoms with E-state index in [4.69, 9.17) is 21.9 Å². The van der Waals surface area contributed by atoms with E-state index in [0.717, 1.165) is 50.0 Å². The summed E-state index contributed by atoms with van der Waals surface area (Å²) in [6, 6.07) is 10.4. The first-order valence-corrected chi connectivity index (χ1v) is 8.04. The molecule has 1 aliphatic heterocycles. The summed E-state index contributed by atoms with van der Waals surface area (Å²) in [5, 5.41) is 0. The summed E-state index contributed by atoms with van der Waals surface area (Å²) in [6.45, 7) is 3.84. The number of fused-ring (bicyclic) bond motifs is 1. The summed E-state index contributed by atoms with van der Waals surface area (Å²) in [7, 11) is 0. The Morgan fingerprint density at radius 1 is 1.17 bits per heavy atom. The van der Waals surface area contributed by atoms with Crippen molar-refractivity contribution in [2.24, 2.45) is 0 Å². The number of imidazole rings is 1. The highest BCUT2D eigenvalue weighted by atomic mass is 32.1. The van der Waals surface area contributed by atoms with Gasteiger partial charge in [0.05, 0.1) is 26.1 Å². The van der Waals surface area contributed by atoms with Crippen molar-refractivity contribution in [2.45, 2.75) is 6.54 Å². The fourth-order valence-electron chi connectivity index (χ4n) is 2.87. The molecule has 0 saturated carbocycles. The maximum Gasteiger partial charge on any atom is 0.208 e. The van der Waals surface area contributed by atoms with Crippen LogP contribution in [0.1, 0.15) is 5.56 Å². The minimum Gasteiger partial charge on any atom is -0.378 e. The van der Waals surface area contributed by atoms with Crippen molar-refractivity contribution in [3.8, 4) is 0 Å². The van der Waals surface area contributed by atoms with Gasteiger partial charge in [-0.25, -0.2) is 9.97 Å². The van der Waals surface area contributed by atoms with Crippen molar-refractivity contribution in [1.29, 1.82) is 0 Å². The van der Waals surface area contributed by atoms with E-state index in [0.29, 0.717) is 4.64 Å². The lowest BCUT2D eigenvalue weighted by molar-refractivity contribution is 0.121. The molecule has 118 valence electrons. The highest BCUT2D eigenvalue weighted by Gasteiger charge is 2.20. The maximum atomic E-state index is 5.46. The quantitative estimate of drug-likeness (QED) is 0.749. The molecule has 0 spiro atoms. The molecule has 0 unspecified atom stereocenters. The largest absolute Gasteiger partial charge is 0.378 e. The van der Waals surface area contributed by atoms with Gasteiger partial charge in [0.25, 0.3) is 0 Å². The Hall–Kier alpha value is -2.25. The summed E-state index contributed by atoms with van der Waals surface area (Å²) in [4.78, 5) is 14.4. The predicted octanol–water partition coefficient (Wildman–Crippen LogP) is 2.37. The summed E-state index contributed by atoms with van der Waals surface area (Å²) in [6.07, 6.45) is 1.64. The van der Waals surface area contributed by atoms with E-state index in [1.54, 1.807) is 6.33 Å². The molecular formula is C16H17N5OS. The van der Waals surface area contributed by atoms with Gasteiger partial charge in [-0.1, -0.05) is 42.5 Å². The number of aromatic nitrogens is 4. The Morgan fingerprint density at radius 3 is 2.74 bits per heavy atom. The number of H-pyrrole nitrogens is 1. The number of ether oxygens (including phenoxy) is 1. The summed E-state index contributed by atoms with van der Waals surface area (Å²) >= 11 is 5.34. The van der Waals surface area contributed by atoms with E-state index in [-0.39, 0.29) is 0 Å². The molecule has 2 aromatic heterocycles. The van der Waals surface area contributed by atoms with Crippen molar-refractivity contribution in [3.05, 3.63) is 46.9 Å². The third-order valence-corrected chi connectivity index (χ3v) is 4.31. The normalized spacial score (nSPS) is 15.2. The molecular weight excluding hydrogens is 310 g/mol. The summed E-state index contributed by atoms with van der Waals surface area (Å²) in [5.41, 5.74) is 2.88. The second-order valence-electron chi connectivity index (χ2n) is 5.49. The Bertz CT molecular complexity index is 867. The first kappa shape index (κ1) is 14.3. The van der Waals surface area contributed by atoms with Crippen LogP contribution in [0.5, 0.6) is 0 Å². The van der Waals surface area contributed by atoms with Crippen LogP contribution in [-0.4, -0.2) is 45.8 Å². The lowest BCUT2D eigenvalue weighted by atomic mass is 10.2. The zero-order valence-corrected chi connectivity index (χ0v) is 13.4. The lowest BCUT2D eigenvalue weighted by Gasteiger charge is -2.28. The molecule has 0 atom stereocenters. The molecule has 0 radical (unpaired) electrons.